The number of ether oxygens (including phenoxy) is 3. The van der Waals surface area contributed by atoms with Gasteiger partial charge in [-0.3, -0.25) is 4.79 Å². The molecule has 0 bridgehead atoms. The Morgan fingerprint density at radius 2 is 1.76 bits per heavy atom. The molecule has 0 aliphatic rings. The van der Waals surface area contributed by atoms with E-state index >= 15 is 0 Å². The molecule has 25 heavy (non-hydrogen) atoms. The SMILES string of the molecule is COc1cc(C(=O)O[C@@H](C)C(C)=O)ccc1OCc1ccc(Cl)cc1. The molecule has 0 aliphatic carbocycles. The summed E-state index contributed by atoms with van der Waals surface area (Å²) in [5, 5.41) is 0.656. The highest BCUT2D eigenvalue weighted by Gasteiger charge is 2.17. The smallest absolute Gasteiger partial charge is 0.338 e. The molecule has 6 heteroatoms. The van der Waals surface area contributed by atoms with Crippen molar-refractivity contribution in [3.63, 3.8) is 0 Å². The van der Waals surface area contributed by atoms with Crippen molar-refractivity contribution in [2.45, 2.75) is 26.6 Å². The highest BCUT2D eigenvalue weighted by atomic mass is 35.5. The summed E-state index contributed by atoms with van der Waals surface area (Å²) in [5.41, 5.74) is 1.23. The van der Waals surface area contributed by atoms with Gasteiger partial charge in [0.2, 0.25) is 0 Å². The van der Waals surface area contributed by atoms with Gasteiger partial charge in [-0.1, -0.05) is 23.7 Å². The Labute approximate surface area is 151 Å². The van der Waals surface area contributed by atoms with Crippen LogP contribution in [0.15, 0.2) is 42.5 Å². The van der Waals surface area contributed by atoms with Crippen LogP contribution in [0.1, 0.15) is 29.8 Å². The molecule has 0 N–H and O–H groups in total. The fraction of sp³-hybridized carbons (Fsp3) is 0.263. The van der Waals surface area contributed by atoms with E-state index in [1.165, 1.54) is 27.0 Å². The normalized spacial score (nSPS) is 11.5. The van der Waals surface area contributed by atoms with Gasteiger partial charge in [0.25, 0.3) is 0 Å². The lowest BCUT2D eigenvalue weighted by atomic mass is 10.2. The number of methoxy groups -OCH3 is 1. The lowest BCUT2D eigenvalue weighted by Crippen LogP contribution is -2.21. The van der Waals surface area contributed by atoms with Gasteiger partial charge in [0, 0.05) is 5.02 Å². The van der Waals surface area contributed by atoms with Crippen LogP contribution in [0.5, 0.6) is 11.5 Å². The van der Waals surface area contributed by atoms with Crippen molar-refractivity contribution in [1.29, 1.82) is 0 Å². The Bertz CT molecular complexity index is 755. The predicted molar refractivity (Wildman–Crippen MR) is 94.3 cm³/mol. The van der Waals surface area contributed by atoms with Gasteiger partial charge in [-0.25, -0.2) is 4.79 Å². The number of carbonyl (C=O) groups is 2. The average Bonchev–Trinajstić information content (AvgIpc) is 2.60. The summed E-state index contributed by atoms with van der Waals surface area (Å²) in [6.45, 7) is 3.23. The predicted octanol–water partition coefficient (Wildman–Crippen LogP) is 4.06. The Morgan fingerprint density at radius 3 is 2.36 bits per heavy atom. The van der Waals surface area contributed by atoms with Crippen molar-refractivity contribution < 1.29 is 23.8 Å². The summed E-state index contributed by atoms with van der Waals surface area (Å²) >= 11 is 5.85. The number of ketones is 1. The van der Waals surface area contributed by atoms with Crippen molar-refractivity contribution in [2.24, 2.45) is 0 Å². The fourth-order valence-electron chi connectivity index (χ4n) is 1.97. The average molecular weight is 363 g/mol. The minimum atomic E-state index is -0.792. The van der Waals surface area contributed by atoms with Crippen LogP contribution in [0.4, 0.5) is 0 Å². The fourth-order valence-corrected chi connectivity index (χ4v) is 2.09. The second-order valence-electron chi connectivity index (χ2n) is 5.44. The van der Waals surface area contributed by atoms with E-state index in [4.69, 9.17) is 25.8 Å². The molecule has 0 radical (unpaired) electrons. The highest BCUT2D eigenvalue weighted by molar-refractivity contribution is 6.30. The van der Waals surface area contributed by atoms with Gasteiger partial charge < -0.3 is 14.2 Å². The zero-order chi connectivity index (χ0) is 18.4. The Balaban J connectivity index is 2.09. The van der Waals surface area contributed by atoms with E-state index in [1.54, 1.807) is 24.3 Å². The van der Waals surface area contributed by atoms with E-state index in [9.17, 15) is 9.59 Å². The van der Waals surface area contributed by atoms with Crippen LogP contribution in [-0.4, -0.2) is 25.0 Å². The van der Waals surface area contributed by atoms with Gasteiger partial charge in [0.1, 0.15) is 6.61 Å². The molecule has 0 spiro atoms. The van der Waals surface area contributed by atoms with Gasteiger partial charge >= 0.3 is 5.97 Å². The van der Waals surface area contributed by atoms with E-state index in [-0.39, 0.29) is 11.3 Å². The van der Waals surface area contributed by atoms with Crippen molar-refractivity contribution >= 4 is 23.4 Å². The molecule has 5 nitrogen and oxygen atoms in total. The third kappa shape index (κ3) is 5.22. The molecule has 0 aliphatic heterocycles. The maximum Gasteiger partial charge on any atom is 0.338 e. The number of rotatable bonds is 7. The first-order valence-corrected chi connectivity index (χ1v) is 8.05. The van der Waals surface area contributed by atoms with Gasteiger partial charge in [0.15, 0.2) is 23.4 Å². The number of halogens is 1. The summed E-state index contributed by atoms with van der Waals surface area (Å²) in [5.74, 6) is 0.0843. The van der Waals surface area contributed by atoms with Crippen LogP contribution in [0.2, 0.25) is 5.02 Å². The summed E-state index contributed by atoms with van der Waals surface area (Å²) in [6, 6.07) is 12.0. The molecule has 0 heterocycles. The Kier molecular flexibility index (Phi) is 6.42. The number of hydrogen-bond donors (Lipinski definition) is 0. The van der Waals surface area contributed by atoms with Crippen molar-refractivity contribution in [2.75, 3.05) is 7.11 Å². The van der Waals surface area contributed by atoms with E-state index in [1.807, 2.05) is 12.1 Å². The highest BCUT2D eigenvalue weighted by Crippen LogP contribution is 2.29. The molecule has 0 saturated carbocycles. The second kappa shape index (κ2) is 8.53. The molecule has 0 saturated heterocycles. The largest absolute Gasteiger partial charge is 0.493 e. The quantitative estimate of drug-likeness (QED) is 0.695. The molecule has 2 aromatic carbocycles. The third-order valence-electron chi connectivity index (χ3n) is 3.56. The topological polar surface area (TPSA) is 61.8 Å². The van der Waals surface area contributed by atoms with Crippen LogP contribution in [0, 0.1) is 0 Å². The first-order valence-electron chi connectivity index (χ1n) is 7.67. The first-order chi connectivity index (χ1) is 11.9. The number of esters is 1. The lowest BCUT2D eigenvalue weighted by molar-refractivity contribution is -0.124. The van der Waals surface area contributed by atoms with E-state index < -0.39 is 12.1 Å². The molecular weight excluding hydrogens is 344 g/mol. The molecule has 0 unspecified atom stereocenters. The van der Waals surface area contributed by atoms with E-state index in [0.29, 0.717) is 23.1 Å². The van der Waals surface area contributed by atoms with Crippen LogP contribution in [-0.2, 0) is 16.1 Å². The molecule has 1 atom stereocenters. The van der Waals surface area contributed by atoms with E-state index in [0.717, 1.165) is 5.56 Å². The maximum atomic E-state index is 12.1. The summed E-state index contributed by atoms with van der Waals surface area (Å²) < 4.78 is 16.1. The molecule has 2 aromatic rings. The Morgan fingerprint density at radius 1 is 1.08 bits per heavy atom. The molecule has 0 aromatic heterocycles. The maximum absolute atomic E-state index is 12.1. The summed E-state index contributed by atoms with van der Waals surface area (Å²) in [4.78, 5) is 23.3. The van der Waals surface area contributed by atoms with Crippen molar-refractivity contribution in [1.82, 2.24) is 0 Å². The van der Waals surface area contributed by atoms with Crippen molar-refractivity contribution in [3.8, 4) is 11.5 Å². The van der Waals surface area contributed by atoms with Crippen LogP contribution in [0.25, 0.3) is 0 Å². The molecular formula is C19H19ClO5. The minimum absolute atomic E-state index is 0.219. The molecule has 2 rings (SSSR count). The summed E-state index contributed by atoms with van der Waals surface area (Å²) in [6.07, 6.45) is -0.792. The second-order valence-corrected chi connectivity index (χ2v) is 5.88. The Hall–Kier alpha value is -2.53. The number of Topliss-reactive ketones (excluding diaryl/α,β-unsaturated/α-hetero) is 1. The number of hydrogen-bond acceptors (Lipinski definition) is 5. The number of benzene rings is 2. The zero-order valence-electron chi connectivity index (χ0n) is 14.2. The van der Waals surface area contributed by atoms with Gasteiger partial charge in [-0.2, -0.15) is 0 Å². The van der Waals surface area contributed by atoms with Crippen LogP contribution >= 0.6 is 11.6 Å². The molecule has 0 amide bonds. The zero-order valence-corrected chi connectivity index (χ0v) is 15.0. The standard InChI is InChI=1S/C19H19ClO5/c1-12(21)13(2)25-19(22)15-6-9-17(18(10-15)23-3)24-11-14-4-7-16(20)8-5-14/h4-10,13H,11H2,1-3H3/t13-/m0/s1. The van der Waals surface area contributed by atoms with Gasteiger partial charge in [-0.15, -0.1) is 0 Å². The lowest BCUT2D eigenvalue weighted by Gasteiger charge is -2.13. The van der Waals surface area contributed by atoms with Crippen LogP contribution in [0.3, 0.4) is 0 Å². The number of carbonyl (C=O) groups excluding carboxylic acids is 2. The van der Waals surface area contributed by atoms with Gasteiger partial charge in [-0.05, 0) is 49.7 Å². The monoisotopic (exact) mass is 362 g/mol. The van der Waals surface area contributed by atoms with E-state index in [2.05, 4.69) is 0 Å². The molecule has 132 valence electrons. The first kappa shape index (κ1) is 18.8. The summed E-state index contributed by atoms with van der Waals surface area (Å²) in [7, 11) is 1.48. The minimum Gasteiger partial charge on any atom is -0.493 e. The van der Waals surface area contributed by atoms with Crippen LogP contribution < -0.4 is 9.47 Å². The van der Waals surface area contributed by atoms with Crippen molar-refractivity contribution in [3.05, 3.63) is 58.6 Å². The third-order valence-corrected chi connectivity index (χ3v) is 3.82. The molecule has 0 fully saturated rings. The van der Waals surface area contributed by atoms with Gasteiger partial charge in [0.05, 0.1) is 12.7 Å².